The number of H-pyrrole nitrogens is 1. The molecule has 1 aliphatic carbocycles. The van der Waals surface area contributed by atoms with Gasteiger partial charge in [0, 0.05) is 17.5 Å². The van der Waals surface area contributed by atoms with E-state index < -0.39 is 0 Å². The number of ether oxygens (including phenoxy) is 2. The summed E-state index contributed by atoms with van der Waals surface area (Å²) < 4.78 is 10.7. The van der Waals surface area contributed by atoms with Crippen LogP contribution in [0.1, 0.15) is 18.7 Å². The lowest BCUT2D eigenvalue weighted by Crippen LogP contribution is -2.21. The van der Waals surface area contributed by atoms with Crippen LogP contribution < -0.4 is 15.2 Å². The van der Waals surface area contributed by atoms with Gasteiger partial charge in [0.25, 0.3) is 0 Å². The fourth-order valence-corrected chi connectivity index (χ4v) is 2.49. The van der Waals surface area contributed by atoms with Crippen LogP contribution >= 0.6 is 0 Å². The number of nitrogens with two attached hydrogens (primary N) is 1. The van der Waals surface area contributed by atoms with Crippen molar-refractivity contribution in [1.29, 1.82) is 0 Å². The van der Waals surface area contributed by atoms with E-state index in [0.717, 1.165) is 41.4 Å². The summed E-state index contributed by atoms with van der Waals surface area (Å²) in [5, 5.41) is 0. The van der Waals surface area contributed by atoms with Crippen LogP contribution in [-0.2, 0) is 5.41 Å². The summed E-state index contributed by atoms with van der Waals surface area (Å²) in [4.78, 5) is 7.87. The van der Waals surface area contributed by atoms with Crippen molar-refractivity contribution in [2.45, 2.75) is 18.3 Å². The van der Waals surface area contributed by atoms with E-state index in [1.807, 2.05) is 24.4 Å². The van der Waals surface area contributed by atoms with Crippen molar-refractivity contribution < 1.29 is 9.47 Å². The van der Waals surface area contributed by atoms with Gasteiger partial charge in [-0.25, -0.2) is 4.98 Å². The first-order valence-corrected chi connectivity index (χ1v) is 6.46. The maximum absolute atomic E-state index is 5.83. The van der Waals surface area contributed by atoms with E-state index >= 15 is 0 Å². The molecule has 19 heavy (non-hydrogen) atoms. The molecule has 1 saturated carbocycles. The maximum Gasteiger partial charge on any atom is 0.231 e. The number of benzene rings is 1. The summed E-state index contributed by atoms with van der Waals surface area (Å²) in [6.07, 6.45) is 4.11. The Bertz CT molecular complexity index is 631. The first-order chi connectivity index (χ1) is 9.31. The normalized spacial score (nSPS) is 18.6. The van der Waals surface area contributed by atoms with Crippen LogP contribution in [0.2, 0.25) is 0 Å². The third-order valence-corrected chi connectivity index (χ3v) is 4.01. The third-order valence-electron chi connectivity index (χ3n) is 4.01. The van der Waals surface area contributed by atoms with Crippen molar-refractivity contribution in [1.82, 2.24) is 9.97 Å². The highest BCUT2D eigenvalue weighted by molar-refractivity contribution is 5.64. The van der Waals surface area contributed by atoms with E-state index in [2.05, 4.69) is 9.97 Å². The molecule has 0 radical (unpaired) electrons. The second kappa shape index (κ2) is 3.74. The number of imidazole rings is 1. The quantitative estimate of drug-likeness (QED) is 0.879. The van der Waals surface area contributed by atoms with Gasteiger partial charge in [0.1, 0.15) is 5.82 Å². The molecule has 0 amide bonds. The number of hydrogen-bond acceptors (Lipinski definition) is 4. The average molecular weight is 257 g/mol. The van der Waals surface area contributed by atoms with Gasteiger partial charge in [0.15, 0.2) is 11.5 Å². The third kappa shape index (κ3) is 1.62. The van der Waals surface area contributed by atoms with Gasteiger partial charge in [-0.1, -0.05) is 0 Å². The predicted octanol–water partition coefficient (Wildman–Crippen LogP) is 1.80. The minimum atomic E-state index is 0.0919. The number of hydrogen-bond donors (Lipinski definition) is 2. The Kier molecular flexibility index (Phi) is 2.14. The molecule has 2 heterocycles. The molecule has 3 N–H and O–H groups in total. The minimum Gasteiger partial charge on any atom is -0.454 e. The van der Waals surface area contributed by atoms with E-state index in [1.54, 1.807) is 0 Å². The van der Waals surface area contributed by atoms with Gasteiger partial charge in [-0.3, -0.25) is 0 Å². The monoisotopic (exact) mass is 257 g/mol. The molecule has 1 fully saturated rings. The largest absolute Gasteiger partial charge is 0.454 e. The number of aromatic amines is 1. The van der Waals surface area contributed by atoms with Crippen LogP contribution in [0.5, 0.6) is 11.5 Å². The second-order valence-corrected chi connectivity index (χ2v) is 5.20. The van der Waals surface area contributed by atoms with Crippen molar-refractivity contribution in [3.63, 3.8) is 0 Å². The van der Waals surface area contributed by atoms with Crippen molar-refractivity contribution in [2.24, 2.45) is 5.73 Å². The van der Waals surface area contributed by atoms with Crippen LogP contribution in [0.15, 0.2) is 24.4 Å². The van der Waals surface area contributed by atoms with Crippen molar-refractivity contribution in [2.75, 3.05) is 13.3 Å². The number of rotatable bonds is 3. The Hall–Kier alpha value is -2.01. The van der Waals surface area contributed by atoms with Gasteiger partial charge < -0.3 is 20.2 Å². The number of fused-ring (bicyclic) bond motifs is 1. The molecule has 0 unspecified atom stereocenters. The second-order valence-electron chi connectivity index (χ2n) is 5.20. The van der Waals surface area contributed by atoms with Crippen LogP contribution in [0.3, 0.4) is 0 Å². The van der Waals surface area contributed by atoms with Crippen LogP contribution in [0, 0.1) is 0 Å². The standard InChI is InChI=1S/C14H15N3O2/c15-7-14(3-4-14)13-16-6-10(17-13)9-1-2-11-12(5-9)19-8-18-11/h1-2,5-6H,3-4,7-8,15H2,(H,16,17). The summed E-state index contributed by atoms with van der Waals surface area (Å²) in [6.45, 7) is 0.949. The lowest BCUT2D eigenvalue weighted by molar-refractivity contribution is 0.174. The Morgan fingerprint density at radius 1 is 1.26 bits per heavy atom. The maximum atomic E-state index is 5.83. The van der Waals surface area contributed by atoms with Gasteiger partial charge in [-0.15, -0.1) is 0 Å². The summed E-state index contributed by atoms with van der Waals surface area (Å²) in [7, 11) is 0. The molecule has 0 saturated heterocycles. The smallest absolute Gasteiger partial charge is 0.231 e. The Morgan fingerprint density at radius 2 is 2.11 bits per heavy atom. The topological polar surface area (TPSA) is 73.2 Å². The first-order valence-electron chi connectivity index (χ1n) is 6.46. The van der Waals surface area contributed by atoms with Gasteiger partial charge in [0.05, 0.1) is 11.9 Å². The van der Waals surface area contributed by atoms with E-state index in [1.165, 1.54) is 0 Å². The molecule has 0 spiro atoms. The lowest BCUT2D eigenvalue weighted by atomic mass is 10.1. The molecular formula is C14H15N3O2. The van der Waals surface area contributed by atoms with E-state index in [4.69, 9.17) is 15.2 Å². The molecule has 5 nitrogen and oxygen atoms in total. The minimum absolute atomic E-state index is 0.0919. The first kappa shape index (κ1) is 10.9. The van der Waals surface area contributed by atoms with Crippen LogP contribution in [0.25, 0.3) is 11.3 Å². The zero-order valence-electron chi connectivity index (χ0n) is 10.5. The fraction of sp³-hybridized carbons (Fsp3) is 0.357. The summed E-state index contributed by atoms with van der Waals surface area (Å²) in [6, 6.07) is 5.91. The fourth-order valence-electron chi connectivity index (χ4n) is 2.49. The van der Waals surface area contributed by atoms with Crippen molar-refractivity contribution in [3.05, 3.63) is 30.2 Å². The number of nitrogens with zero attached hydrogens (tertiary/aromatic N) is 1. The highest BCUT2D eigenvalue weighted by Gasteiger charge is 2.45. The average Bonchev–Trinajstić information content (AvgIpc) is 2.90. The molecule has 5 heteroatoms. The van der Waals surface area contributed by atoms with Crippen molar-refractivity contribution in [3.8, 4) is 22.8 Å². The van der Waals surface area contributed by atoms with Gasteiger partial charge in [-0.2, -0.15) is 0 Å². The Morgan fingerprint density at radius 3 is 2.89 bits per heavy atom. The summed E-state index contributed by atoms with van der Waals surface area (Å²) >= 11 is 0. The lowest BCUT2D eigenvalue weighted by Gasteiger charge is -2.07. The molecule has 1 aromatic carbocycles. The molecule has 2 aromatic rings. The highest BCUT2D eigenvalue weighted by Crippen LogP contribution is 2.46. The predicted molar refractivity (Wildman–Crippen MR) is 70.1 cm³/mol. The zero-order chi connectivity index (χ0) is 12.9. The number of nitrogens with one attached hydrogen (secondary N) is 1. The molecular weight excluding hydrogens is 242 g/mol. The van der Waals surface area contributed by atoms with E-state index in [-0.39, 0.29) is 5.41 Å². The van der Waals surface area contributed by atoms with E-state index in [0.29, 0.717) is 13.3 Å². The van der Waals surface area contributed by atoms with E-state index in [9.17, 15) is 0 Å². The number of aromatic nitrogens is 2. The molecule has 0 bridgehead atoms. The van der Waals surface area contributed by atoms with Gasteiger partial charge in [0.2, 0.25) is 6.79 Å². The van der Waals surface area contributed by atoms with Crippen LogP contribution in [-0.4, -0.2) is 23.3 Å². The SMILES string of the molecule is NCC1(c2ncc(-c3ccc4c(c3)OCO4)[nH]2)CC1. The highest BCUT2D eigenvalue weighted by atomic mass is 16.7. The summed E-state index contributed by atoms with van der Waals surface area (Å²) in [5.74, 6) is 2.58. The van der Waals surface area contributed by atoms with Gasteiger partial charge in [-0.05, 0) is 31.0 Å². The zero-order valence-corrected chi connectivity index (χ0v) is 10.5. The van der Waals surface area contributed by atoms with Gasteiger partial charge >= 0.3 is 0 Å². The Labute approximate surface area is 110 Å². The molecule has 98 valence electrons. The molecule has 4 rings (SSSR count). The molecule has 0 atom stereocenters. The molecule has 1 aromatic heterocycles. The molecule has 1 aliphatic heterocycles. The van der Waals surface area contributed by atoms with Crippen LogP contribution in [0.4, 0.5) is 0 Å². The Balaban J connectivity index is 1.69. The van der Waals surface area contributed by atoms with Crippen molar-refractivity contribution >= 4 is 0 Å². The summed E-state index contributed by atoms with van der Waals surface area (Å²) in [5.41, 5.74) is 7.96. The molecule has 2 aliphatic rings.